The summed E-state index contributed by atoms with van der Waals surface area (Å²) < 4.78 is 4.80. The summed E-state index contributed by atoms with van der Waals surface area (Å²) in [5.41, 5.74) is 5.18. The zero-order valence-electron chi connectivity index (χ0n) is 5.26. The molecule has 0 aromatic heterocycles. The molecular formula is C6H13NO. The van der Waals surface area contributed by atoms with E-state index in [1.54, 1.807) is 7.11 Å². The van der Waals surface area contributed by atoms with Crippen LogP contribution in [-0.4, -0.2) is 20.3 Å². The molecule has 0 amide bonds. The second-order valence-electron chi connectivity index (χ2n) is 1.49. The van der Waals surface area contributed by atoms with Gasteiger partial charge in [0.05, 0.1) is 0 Å². The van der Waals surface area contributed by atoms with E-state index in [2.05, 4.69) is 0 Å². The van der Waals surface area contributed by atoms with Gasteiger partial charge in [0.25, 0.3) is 0 Å². The van der Waals surface area contributed by atoms with Gasteiger partial charge in [0, 0.05) is 20.3 Å². The summed E-state index contributed by atoms with van der Waals surface area (Å²) in [6, 6.07) is 0. The number of hydrogen-bond acceptors (Lipinski definition) is 2. The standard InChI is InChI=1S/C6H13NO/c1-8-6-4-2-3-5-7/h2-3H,4-7H2,1H3/b3-2+. The molecule has 2 nitrogen and oxygen atoms in total. The molecule has 0 bridgehead atoms. The minimum absolute atomic E-state index is 0.629. The van der Waals surface area contributed by atoms with E-state index >= 15 is 0 Å². The fourth-order valence-electron chi connectivity index (χ4n) is 0.400. The highest BCUT2D eigenvalue weighted by Gasteiger charge is 1.73. The predicted octanol–water partition coefficient (Wildman–Crippen LogP) is 0.538. The third kappa shape index (κ3) is 5.66. The Morgan fingerprint density at radius 1 is 1.50 bits per heavy atom. The van der Waals surface area contributed by atoms with Gasteiger partial charge in [-0.05, 0) is 6.42 Å². The third-order valence-electron chi connectivity index (χ3n) is 0.791. The molecule has 0 heterocycles. The van der Waals surface area contributed by atoms with E-state index in [1.807, 2.05) is 12.2 Å². The Labute approximate surface area is 50.3 Å². The Balaban J connectivity index is 2.80. The van der Waals surface area contributed by atoms with E-state index in [0.717, 1.165) is 13.0 Å². The van der Waals surface area contributed by atoms with Gasteiger partial charge in [0.15, 0.2) is 0 Å². The first kappa shape index (κ1) is 7.66. The van der Waals surface area contributed by atoms with Gasteiger partial charge in [-0.1, -0.05) is 12.2 Å². The lowest BCUT2D eigenvalue weighted by atomic mass is 10.4. The first-order chi connectivity index (χ1) is 3.91. The van der Waals surface area contributed by atoms with Crippen LogP contribution in [0.15, 0.2) is 12.2 Å². The van der Waals surface area contributed by atoms with Crippen molar-refractivity contribution in [3.63, 3.8) is 0 Å². The lowest BCUT2D eigenvalue weighted by Gasteiger charge is -1.88. The summed E-state index contributed by atoms with van der Waals surface area (Å²) in [5.74, 6) is 0. The van der Waals surface area contributed by atoms with Gasteiger partial charge in [-0.3, -0.25) is 0 Å². The molecule has 0 atom stereocenters. The van der Waals surface area contributed by atoms with Crippen LogP contribution in [0.3, 0.4) is 0 Å². The fourth-order valence-corrected chi connectivity index (χ4v) is 0.400. The molecule has 0 radical (unpaired) electrons. The van der Waals surface area contributed by atoms with Gasteiger partial charge in [-0.2, -0.15) is 0 Å². The molecule has 48 valence electrons. The van der Waals surface area contributed by atoms with E-state index in [9.17, 15) is 0 Å². The van der Waals surface area contributed by atoms with Crippen LogP contribution in [0, 0.1) is 0 Å². The predicted molar refractivity (Wildman–Crippen MR) is 34.7 cm³/mol. The summed E-state index contributed by atoms with van der Waals surface area (Å²) in [7, 11) is 1.69. The molecule has 0 aliphatic heterocycles. The average Bonchev–Trinajstić information content (AvgIpc) is 1.81. The molecule has 0 saturated carbocycles. The van der Waals surface area contributed by atoms with Crippen molar-refractivity contribution < 1.29 is 4.74 Å². The van der Waals surface area contributed by atoms with Crippen LogP contribution in [0.1, 0.15) is 6.42 Å². The molecule has 0 unspecified atom stereocenters. The lowest BCUT2D eigenvalue weighted by molar-refractivity contribution is 0.204. The Morgan fingerprint density at radius 2 is 2.25 bits per heavy atom. The second-order valence-corrected chi connectivity index (χ2v) is 1.49. The maximum Gasteiger partial charge on any atom is 0.0496 e. The van der Waals surface area contributed by atoms with Crippen LogP contribution in [-0.2, 0) is 4.74 Å². The molecular weight excluding hydrogens is 102 g/mol. The van der Waals surface area contributed by atoms with Crippen LogP contribution in [0.25, 0.3) is 0 Å². The average molecular weight is 115 g/mol. The minimum Gasteiger partial charge on any atom is -0.384 e. The molecule has 0 spiro atoms. The molecule has 0 aliphatic rings. The van der Waals surface area contributed by atoms with Gasteiger partial charge in [-0.15, -0.1) is 0 Å². The number of hydrogen-bond donors (Lipinski definition) is 1. The van der Waals surface area contributed by atoms with E-state index in [0.29, 0.717) is 6.54 Å². The molecule has 0 aromatic carbocycles. The van der Waals surface area contributed by atoms with Crippen LogP contribution in [0.2, 0.25) is 0 Å². The minimum atomic E-state index is 0.629. The number of rotatable bonds is 4. The van der Waals surface area contributed by atoms with Gasteiger partial charge < -0.3 is 10.5 Å². The summed E-state index contributed by atoms with van der Waals surface area (Å²) in [5, 5.41) is 0. The Morgan fingerprint density at radius 3 is 2.75 bits per heavy atom. The van der Waals surface area contributed by atoms with Gasteiger partial charge >= 0.3 is 0 Å². The van der Waals surface area contributed by atoms with Gasteiger partial charge in [-0.25, -0.2) is 0 Å². The molecule has 2 heteroatoms. The lowest BCUT2D eigenvalue weighted by Crippen LogP contribution is -1.92. The number of nitrogens with two attached hydrogens (primary N) is 1. The molecule has 0 fully saturated rings. The molecule has 0 rings (SSSR count). The van der Waals surface area contributed by atoms with Crippen LogP contribution in [0.4, 0.5) is 0 Å². The topological polar surface area (TPSA) is 35.2 Å². The number of ether oxygens (including phenoxy) is 1. The van der Waals surface area contributed by atoms with E-state index < -0.39 is 0 Å². The Kier molecular flexibility index (Phi) is 6.38. The van der Waals surface area contributed by atoms with Crippen molar-refractivity contribution in [3.8, 4) is 0 Å². The molecule has 0 aromatic rings. The summed E-state index contributed by atoms with van der Waals surface area (Å²) in [6.07, 6.45) is 4.91. The first-order valence-corrected chi connectivity index (χ1v) is 2.76. The van der Waals surface area contributed by atoms with E-state index in [4.69, 9.17) is 10.5 Å². The summed E-state index contributed by atoms with van der Waals surface area (Å²) in [4.78, 5) is 0. The zero-order chi connectivity index (χ0) is 6.24. The highest BCUT2D eigenvalue weighted by Crippen LogP contribution is 1.80. The summed E-state index contributed by atoms with van der Waals surface area (Å²) in [6.45, 7) is 1.42. The highest BCUT2D eigenvalue weighted by molar-refractivity contribution is 4.81. The smallest absolute Gasteiger partial charge is 0.0496 e. The van der Waals surface area contributed by atoms with E-state index in [1.165, 1.54) is 0 Å². The monoisotopic (exact) mass is 115 g/mol. The van der Waals surface area contributed by atoms with E-state index in [-0.39, 0.29) is 0 Å². The van der Waals surface area contributed by atoms with Crippen molar-refractivity contribution in [1.29, 1.82) is 0 Å². The largest absolute Gasteiger partial charge is 0.384 e. The normalized spacial score (nSPS) is 10.8. The highest BCUT2D eigenvalue weighted by atomic mass is 16.5. The Hall–Kier alpha value is -0.340. The zero-order valence-corrected chi connectivity index (χ0v) is 5.26. The van der Waals surface area contributed by atoms with Crippen LogP contribution < -0.4 is 5.73 Å². The van der Waals surface area contributed by atoms with Crippen molar-refractivity contribution in [2.45, 2.75) is 6.42 Å². The van der Waals surface area contributed by atoms with Crippen molar-refractivity contribution in [2.24, 2.45) is 5.73 Å². The van der Waals surface area contributed by atoms with Crippen molar-refractivity contribution in [1.82, 2.24) is 0 Å². The third-order valence-corrected chi connectivity index (χ3v) is 0.791. The van der Waals surface area contributed by atoms with Gasteiger partial charge in [0.1, 0.15) is 0 Å². The molecule has 2 N–H and O–H groups in total. The maximum atomic E-state index is 5.18. The molecule has 0 aliphatic carbocycles. The summed E-state index contributed by atoms with van der Waals surface area (Å²) >= 11 is 0. The fraction of sp³-hybridized carbons (Fsp3) is 0.667. The SMILES string of the molecule is COCC/C=C/CN. The number of methoxy groups -OCH3 is 1. The molecule has 8 heavy (non-hydrogen) atoms. The van der Waals surface area contributed by atoms with Gasteiger partial charge in [0.2, 0.25) is 0 Å². The second kappa shape index (κ2) is 6.66. The quantitative estimate of drug-likeness (QED) is 0.428. The van der Waals surface area contributed by atoms with Crippen molar-refractivity contribution >= 4 is 0 Å². The van der Waals surface area contributed by atoms with Crippen LogP contribution >= 0.6 is 0 Å². The first-order valence-electron chi connectivity index (χ1n) is 2.76. The Bertz CT molecular complexity index is 61.5. The van der Waals surface area contributed by atoms with Crippen LogP contribution in [0.5, 0.6) is 0 Å². The molecule has 0 saturated heterocycles. The maximum absolute atomic E-state index is 5.18. The van der Waals surface area contributed by atoms with Crippen molar-refractivity contribution in [2.75, 3.05) is 20.3 Å². The van der Waals surface area contributed by atoms with Crippen molar-refractivity contribution in [3.05, 3.63) is 12.2 Å².